The Hall–Kier alpha value is -2.17. The number of aliphatic imine (C=N–C) groups is 1. The zero-order chi connectivity index (χ0) is 15.6. The van der Waals surface area contributed by atoms with E-state index in [0.717, 1.165) is 43.4 Å². The van der Waals surface area contributed by atoms with E-state index in [4.69, 9.17) is 4.99 Å². The average Bonchev–Trinajstić information content (AvgIpc) is 2.91. The van der Waals surface area contributed by atoms with Gasteiger partial charge in [-0.05, 0) is 37.8 Å². The maximum atomic E-state index is 4.92. The lowest BCUT2D eigenvalue weighted by Gasteiger charge is -2.30. The van der Waals surface area contributed by atoms with Crippen molar-refractivity contribution >= 4 is 5.84 Å². The number of aryl methyl sites for hydroxylation is 1. The highest BCUT2D eigenvalue weighted by Gasteiger charge is 2.25. The molecule has 2 aliphatic rings. The first-order valence-corrected chi connectivity index (χ1v) is 8.71. The third-order valence-corrected chi connectivity index (χ3v) is 4.68. The van der Waals surface area contributed by atoms with Gasteiger partial charge in [0, 0.05) is 25.1 Å². The van der Waals surface area contributed by atoms with Crippen LogP contribution in [0.25, 0.3) is 5.69 Å². The van der Waals surface area contributed by atoms with Gasteiger partial charge in [-0.2, -0.15) is 0 Å². The Bertz CT molecular complexity index is 725. The molecule has 5 nitrogen and oxygen atoms in total. The zero-order valence-corrected chi connectivity index (χ0v) is 13.7. The van der Waals surface area contributed by atoms with Crippen LogP contribution < -0.4 is 0 Å². The number of likely N-dealkylation sites (tertiary alicyclic amines) is 1. The van der Waals surface area contributed by atoms with Gasteiger partial charge in [-0.3, -0.25) is 9.56 Å². The molecule has 1 fully saturated rings. The maximum Gasteiger partial charge on any atom is 0.159 e. The number of para-hydroxylation sites is 1. The average molecular weight is 309 g/mol. The molecule has 2 aliphatic heterocycles. The van der Waals surface area contributed by atoms with Gasteiger partial charge >= 0.3 is 0 Å². The summed E-state index contributed by atoms with van der Waals surface area (Å²) in [7, 11) is 0. The molecule has 23 heavy (non-hydrogen) atoms. The summed E-state index contributed by atoms with van der Waals surface area (Å²) in [6.45, 7) is 5.00. The lowest BCUT2D eigenvalue weighted by atomic mass is 10.1. The van der Waals surface area contributed by atoms with E-state index in [9.17, 15) is 0 Å². The molecule has 0 bridgehead atoms. The minimum atomic E-state index is 0.608. The van der Waals surface area contributed by atoms with Crippen LogP contribution in [-0.4, -0.2) is 38.6 Å². The van der Waals surface area contributed by atoms with Gasteiger partial charge in [0.1, 0.15) is 18.2 Å². The van der Waals surface area contributed by atoms with Crippen LogP contribution in [0.5, 0.6) is 0 Å². The van der Waals surface area contributed by atoms with Gasteiger partial charge in [0.05, 0.1) is 5.69 Å². The van der Waals surface area contributed by atoms with Crippen LogP contribution in [0, 0.1) is 0 Å². The number of amidine groups is 1. The van der Waals surface area contributed by atoms with Crippen molar-refractivity contribution in [3.8, 4) is 5.69 Å². The molecule has 0 amide bonds. The molecule has 2 aromatic rings. The number of hydrogen-bond acceptors (Lipinski definition) is 4. The molecule has 1 aromatic carbocycles. The number of benzene rings is 1. The van der Waals surface area contributed by atoms with Gasteiger partial charge in [0.2, 0.25) is 0 Å². The lowest BCUT2D eigenvalue weighted by Crippen LogP contribution is -2.36. The van der Waals surface area contributed by atoms with Gasteiger partial charge in [0.25, 0.3) is 0 Å². The normalized spacial score (nSPS) is 17.3. The summed E-state index contributed by atoms with van der Waals surface area (Å²) >= 11 is 0. The van der Waals surface area contributed by atoms with E-state index in [-0.39, 0.29) is 0 Å². The van der Waals surface area contributed by atoms with Crippen LogP contribution in [0.3, 0.4) is 0 Å². The van der Waals surface area contributed by atoms with Crippen LogP contribution in [0.1, 0.15) is 49.8 Å². The van der Waals surface area contributed by atoms with E-state index in [2.05, 4.69) is 50.9 Å². The zero-order valence-electron chi connectivity index (χ0n) is 13.7. The molecule has 4 rings (SSSR count). The van der Waals surface area contributed by atoms with Crippen molar-refractivity contribution in [1.82, 2.24) is 19.7 Å². The number of piperidine rings is 1. The highest BCUT2D eigenvalue weighted by Crippen LogP contribution is 2.26. The Morgan fingerprint density at radius 1 is 1.04 bits per heavy atom. The first-order valence-electron chi connectivity index (χ1n) is 8.71. The van der Waals surface area contributed by atoms with E-state index in [1.807, 2.05) is 0 Å². The van der Waals surface area contributed by atoms with E-state index in [1.165, 1.54) is 30.5 Å². The molecular formula is C18H23N5. The van der Waals surface area contributed by atoms with Crippen molar-refractivity contribution in [2.75, 3.05) is 13.1 Å². The molecule has 1 saturated heterocycles. The SMILES string of the molecule is CCCc1nnc2n1-c1ccccc1C(N1CCCCC1)=NC2. The lowest BCUT2D eigenvalue weighted by molar-refractivity contribution is 0.342. The van der Waals surface area contributed by atoms with E-state index in [0.29, 0.717) is 6.54 Å². The van der Waals surface area contributed by atoms with Gasteiger partial charge in [0.15, 0.2) is 5.82 Å². The van der Waals surface area contributed by atoms with E-state index in [1.54, 1.807) is 0 Å². The van der Waals surface area contributed by atoms with Crippen LogP contribution in [0.15, 0.2) is 29.3 Å². The molecule has 0 aliphatic carbocycles. The fourth-order valence-corrected chi connectivity index (χ4v) is 3.58. The largest absolute Gasteiger partial charge is 0.356 e. The number of fused-ring (bicyclic) bond motifs is 3. The van der Waals surface area contributed by atoms with Crippen molar-refractivity contribution in [2.45, 2.75) is 45.6 Å². The van der Waals surface area contributed by atoms with Crippen molar-refractivity contribution < 1.29 is 0 Å². The van der Waals surface area contributed by atoms with Crippen molar-refractivity contribution in [2.24, 2.45) is 4.99 Å². The highest BCUT2D eigenvalue weighted by molar-refractivity contribution is 6.02. The maximum absolute atomic E-state index is 4.92. The van der Waals surface area contributed by atoms with E-state index < -0.39 is 0 Å². The van der Waals surface area contributed by atoms with Crippen LogP contribution in [0.4, 0.5) is 0 Å². The van der Waals surface area contributed by atoms with Gasteiger partial charge in [-0.25, -0.2) is 0 Å². The Balaban J connectivity index is 1.82. The van der Waals surface area contributed by atoms with E-state index >= 15 is 0 Å². The molecule has 0 unspecified atom stereocenters. The summed E-state index contributed by atoms with van der Waals surface area (Å²) in [4.78, 5) is 7.37. The molecule has 0 saturated carbocycles. The third kappa shape index (κ3) is 2.54. The number of aromatic nitrogens is 3. The summed E-state index contributed by atoms with van der Waals surface area (Å²) in [5.41, 5.74) is 2.39. The number of hydrogen-bond donors (Lipinski definition) is 0. The first-order chi connectivity index (χ1) is 11.4. The fourth-order valence-electron chi connectivity index (χ4n) is 3.58. The van der Waals surface area contributed by atoms with Crippen LogP contribution in [-0.2, 0) is 13.0 Å². The number of nitrogens with zero attached hydrogens (tertiary/aromatic N) is 5. The topological polar surface area (TPSA) is 46.3 Å². The Kier molecular flexibility index (Phi) is 3.85. The molecule has 0 atom stereocenters. The van der Waals surface area contributed by atoms with Crippen LogP contribution in [0.2, 0.25) is 0 Å². The Labute approximate surface area is 137 Å². The number of rotatable bonds is 2. The molecule has 120 valence electrons. The van der Waals surface area contributed by atoms with Gasteiger partial charge in [-0.15, -0.1) is 10.2 Å². The predicted octanol–water partition coefficient (Wildman–Crippen LogP) is 2.97. The minimum absolute atomic E-state index is 0.608. The molecule has 5 heteroatoms. The third-order valence-electron chi connectivity index (χ3n) is 4.68. The van der Waals surface area contributed by atoms with Crippen molar-refractivity contribution in [3.63, 3.8) is 0 Å². The summed E-state index contributed by atoms with van der Waals surface area (Å²) in [5, 5.41) is 8.80. The molecule has 1 aromatic heterocycles. The first kappa shape index (κ1) is 14.4. The predicted molar refractivity (Wildman–Crippen MR) is 91.0 cm³/mol. The molecule has 0 radical (unpaired) electrons. The van der Waals surface area contributed by atoms with Gasteiger partial charge in [-0.1, -0.05) is 19.1 Å². The fraction of sp³-hybridized carbons (Fsp3) is 0.500. The smallest absolute Gasteiger partial charge is 0.159 e. The van der Waals surface area contributed by atoms with Gasteiger partial charge < -0.3 is 4.90 Å². The molecule has 0 spiro atoms. The van der Waals surface area contributed by atoms with Crippen LogP contribution >= 0.6 is 0 Å². The Morgan fingerprint density at radius 3 is 2.70 bits per heavy atom. The summed E-state index contributed by atoms with van der Waals surface area (Å²) in [6.07, 6.45) is 5.86. The molecular weight excluding hydrogens is 286 g/mol. The summed E-state index contributed by atoms with van der Waals surface area (Å²) in [5.74, 6) is 3.13. The Morgan fingerprint density at radius 2 is 1.87 bits per heavy atom. The summed E-state index contributed by atoms with van der Waals surface area (Å²) in [6, 6.07) is 8.56. The monoisotopic (exact) mass is 309 g/mol. The second kappa shape index (κ2) is 6.14. The quantitative estimate of drug-likeness (QED) is 0.857. The second-order valence-electron chi connectivity index (χ2n) is 6.32. The molecule has 3 heterocycles. The molecule has 0 N–H and O–H groups in total. The highest BCUT2D eigenvalue weighted by atomic mass is 15.3. The second-order valence-corrected chi connectivity index (χ2v) is 6.32. The summed E-state index contributed by atoms with van der Waals surface area (Å²) < 4.78 is 2.22. The minimum Gasteiger partial charge on any atom is -0.356 e. The standard InChI is InChI=1S/C18H23N5/c1-2-8-16-20-21-17-13-19-18(22-11-6-3-7-12-22)14-9-4-5-10-15(14)23(16)17/h4-5,9-10H,2-3,6-8,11-13H2,1H3. The van der Waals surface area contributed by atoms with Crippen molar-refractivity contribution in [3.05, 3.63) is 41.5 Å². The van der Waals surface area contributed by atoms with Crippen molar-refractivity contribution in [1.29, 1.82) is 0 Å².